The van der Waals surface area contributed by atoms with Gasteiger partial charge in [-0.25, -0.2) is 8.42 Å². The molecule has 2 saturated heterocycles. The standard InChI is InChI=1S/C12H19N3O4S/c1-10-11(9-13-14(10)2)20(16,17)15-5-3-12(4-6-15)18-7-8-19-12/h9H,3-8H2,1-2H3. The third-order valence-corrected chi connectivity index (χ3v) is 6.11. The molecule has 3 rings (SSSR count). The molecule has 0 unspecified atom stereocenters. The second-order valence-corrected chi connectivity index (χ2v) is 7.14. The second kappa shape index (κ2) is 4.80. The van der Waals surface area contributed by atoms with Crippen LogP contribution in [0.3, 0.4) is 0 Å². The number of nitrogens with zero attached hydrogens (tertiary/aromatic N) is 3. The van der Waals surface area contributed by atoms with E-state index < -0.39 is 15.8 Å². The molecular formula is C12H19N3O4S. The number of ether oxygens (including phenoxy) is 2. The predicted octanol–water partition coefficient (Wildman–Crippen LogP) is 0.256. The Hall–Kier alpha value is -0.960. The van der Waals surface area contributed by atoms with Gasteiger partial charge in [0.25, 0.3) is 0 Å². The first-order valence-corrected chi connectivity index (χ1v) is 8.15. The molecule has 2 aliphatic heterocycles. The van der Waals surface area contributed by atoms with Crippen molar-refractivity contribution >= 4 is 10.0 Å². The third kappa shape index (κ3) is 2.16. The van der Waals surface area contributed by atoms with Crippen molar-refractivity contribution in [3.05, 3.63) is 11.9 Å². The molecule has 1 aromatic heterocycles. The van der Waals surface area contributed by atoms with Gasteiger partial charge in [-0.1, -0.05) is 0 Å². The summed E-state index contributed by atoms with van der Waals surface area (Å²) in [4.78, 5) is 0.282. The van der Waals surface area contributed by atoms with Gasteiger partial charge in [0, 0.05) is 33.0 Å². The fraction of sp³-hybridized carbons (Fsp3) is 0.750. The predicted molar refractivity (Wildman–Crippen MR) is 70.6 cm³/mol. The van der Waals surface area contributed by atoms with Crippen LogP contribution >= 0.6 is 0 Å². The van der Waals surface area contributed by atoms with E-state index in [9.17, 15) is 8.42 Å². The molecule has 0 aliphatic carbocycles. The van der Waals surface area contributed by atoms with E-state index in [1.165, 1.54) is 10.5 Å². The zero-order valence-electron chi connectivity index (χ0n) is 11.7. The first-order valence-electron chi connectivity index (χ1n) is 6.71. The molecule has 1 aromatic rings. The van der Waals surface area contributed by atoms with Gasteiger partial charge in [0.1, 0.15) is 4.90 Å². The van der Waals surface area contributed by atoms with E-state index in [1.807, 2.05) is 0 Å². The molecule has 0 amide bonds. The van der Waals surface area contributed by atoms with Crippen LogP contribution in [-0.2, 0) is 26.5 Å². The third-order valence-electron chi connectivity index (χ3n) is 4.11. The Morgan fingerprint density at radius 3 is 2.35 bits per heavy atom. The fourth-order valence-corrected chi connectivity index (χ4v) is 4.35. The van der Waals surface area contributed by atoms with Crippen molar-refractivity contribution in [2.45, 2.75) is 30.4 Å². The van der Waals surface area contributed by atoms with E-state index in [-0.39, 0.29) is 4.90 Å². The van der Waals surface area contributed by atoms with E-state index in [4.69, 9.17) is 9.47 Å². The lowest BCUT2D eigenvalue weighted by molar-refractivity contribution is -0.179. The maximum atomic E-state index is 12.6. The van der Waals surface area contributed by atoms with Crippen LogP contribution < -0.4 is 0 Å². The molecule has 20 heavy (non-hydrogen) atoms. The number of aryl methyl sites for hydroxylation is 1. The van der Waals surface area contributed by atoms with Crippen LogP contribution in [0.5, 0.6) is 0 Å². The van der Waals surface area contributed by atoms with Crippen LogP contribution in [0, 0.1) is 6.92 Å². The first kappa shape index (κ1) is 14.0. The minimum atomic E-state index is -3.48. The Morgan fingerprint density at radius 2 is 1.85 bits per heavy atom. The molecule has 0 N–H and O–H groups in total. The van der Waals surface area contributed by atoms with Crippen molar-refractivity contribution < 1.29 is 17.9 Å². The molecule has 2 aliphatic rings. The zero-order chi connectivity index (χ0) is 14.4. The average Bonchev–Trinajstić information content (AvgIpc) is 2.99. The molecule has 3 heterocycles. The number of hydrogen-bond acceptors (Lipinski definition) is 5. The van der Waals surface area contributed by atoms with Crippen LogP contribution in [0.2, 0.25) is 0 Å². The van der Waals surface area contributed by atoms with Gasteiger partial charge in [0.15, 0.2) is 5.79 Å². The minimum absolute atomic E-state index is 0.282. The largest absolute Gasteiger partial charge is 0.347 e. The van der Waals surface area contributed by atoms with Crippen molar-refractivity contribution in [1.82, 2.24) is 14.1 Å². The van der Waals surface area contributed by atoms with E-state index >= 15 is 0 Å². The SMILES string of the molecule is Cc1c(S(=O)(=O)N2CCC3(CC2)OCCO3)cnn1C. The van der Waals surface area contributed by atoms with Crippen LogP contribution in [0.1, 0.15) is 18.5 Å². The van der Waals surface area contributed by atoms with Gasteiger partial charge in [-0.3, -0.25) is 4.68 Å². The molecular weight excluding hydrogens is 282 g/mol. The maximum Gasteiger partial charge on any atom is 0.246 e. The second-order valence-electron chi connectivity index (χ2n) is 5.23. The lowest BCUT2D eigenvalue weighted by atomic mass is 10.1. The van der Waals surface area contributed by atoms with E-state index in [1.54, 1.807) is 18.7 Å². The summed E-state index contributed by atoms with van der Waals surface area (Å²) in [5.74, 6) is -0.560. The van der Waals surface area contributed by atoms with Gasteiger partial charge in [0.2, 0.25) is 10.0 Å². The number of aromatic nitrogens is 2. The fourth-order valence-electron chi connectivity index (χ4n) is 2.72. The quantitative estimate of drug-likeness (QED) is 0.783. The van der Waals surface area contributed by atoms with E-state index in [0.29, 0.717) is 44.8 Å². The van der Waals surface area contributed by atoms with Crippen LogP contribution in [0.15, 0.2) is 11.1 Å². The molecule has 7 nitrogen and oxygen atoms in total. The molecule has 112 valence electrons. The molecule has 0 aromatic carbocycles. The van der Waals surface area contributed by atoms with Crippen LogP contribution in [0.4, 0.5) is 0 Å². The monoisotopic (exact) mass is 301 g/mol. The van der Waals surface area contributed by atoms with Gasteiger partial charge in [-0.15, -0.1) is 0 Å². The van der Waals surface area contributed by atoms with Crippen molar-refractivity contribution in [3.8, 4) is 0 Å². The Bertz CT molecular complexity index is 594. The molecule has 8 heteroatoms. The van der Waals surface area contributed by atoms with E-state index in [0.717, 1.165) is 0 Å². The molecule has 0 bridgehead atoms. The van der Waals surface area contributed by atoms with E-state index in [2.05, 4.69) is 5.10 Å². The van der Waals surface area contributed by atoms with Gasteiger partial charge >= 0.3 is 0 Å². The highest BCUT2D eigenvalue weighted by Gasteiger charge is 2.43. The lowest BCUT2D eigenvalue weighted by Crippen LogP contribution is -2.47. The summed E-state index contributed by atoms with van der Waals surface area (Å²) in [6.07, 6.45) is 2.56. The molecule has 2 fully saturated rings. The van der Waals surface area contributed by atoms with Gasteiger partial charge < -0.3 is 9.47 Å². The van der Waals surface area contributed by atoms with Gasteiger partial charge in [-0.05, 0) is 6.92 Å². The summed E-state index contributed by atoms with van der Waals surface area (Å²) < 4.78 is 39.5. The zero-order valence-corrected chi connectivity index (χ0v) is 12.5. The minimum Gasteiger partial charge on any atom is -0.347 e. The van der Waals surface area contributed by atoms with Crippen molar-refractivity contribution in [3.63, 3.8) is 0 Å². The number of piperidine rings is 1. The highest BCUT2D eigenvalue weighted by Crippen LogP contribution is 2.33. The van der Waals surface area contributed by atoms with Gasteiger partial charge in [0.05, 0.1) is 25.1 Å². The Morgan fingerprint density at radius 1 is 1.25 bits per heavy atom. The molecule has 1 spiro atoms. The van der Waals surface area contributed by atoms with Gasteiger partial charge in [-0.2, -0.15) is 9.40 Å². The van der Waals surface area contributed by atoms with Crippen LogP contribution in [-0.4, -0.2) is 54.6 Å². The Kier molecular flexibility index (Phi) is 3.36. The topological polar surface area (TPSA) is 73.7 Å². The Labute approximate surface area is 118 Å². The summed E-state index contributed by atoms with van der Waals surface area (Å²) in [7, 11) is -1.74. The average molecular weight is 301 g/mol. The molecule has 0 atom stereocenters. The maximum absolute atomic E-state index is 12.6. The number of hydrogen-bond donors (Lipinski definition) is 0. The summed E-state index contributed by atoms with van der Waals surface area (Å²) >= 11 is 0. The first-order chi connectivity index (χ1) is 9.45. The Balaban J connectivity index is 1.78. The highest BCUT2D eigenvalue weighted by atomic mass is 32.2. The molecule has 0 radical (unpaired) electrons. The number of rotatable bonds is 2. The smallest absolute Gasteiger partial charge is 0.246 e. The highest BCUT2D eigenvalue weighted by molar-refractivity contribution is 7.89. The van der Waals surface area contributed by atoms with Crippen molar-refractivity contribution in [2.75, 3.05) is 26.3 Å². The summed E-state index contributed by atoms with van der Waals surface area (Å²) in [5.41, 5.74) is 0.652. The number of sulfonamides is 1. The van der Waals surface area contributed by atoms with Crippen molar-refractivity contribution in [1.29, 1.82) is 0 Å². The van der Waals surface area contributed by atoms with Crippen LogP contribution in [0.25, 0.3) is 0 Å². The summed E-state index contributed by atoms with van der Waals surface area (Å²) in [6.45, 7) is 3.77. The normalized spacial score (nSPS) is 23.5. The lowest BCUT2D eigenvalue weighted by Gasteiger charge is -2.36. The summed E-state index contributed by atoms with van der Waals surface area (Å²) in [5, 5.41) is 4.01. The molecule has 0 saturated carbocycles. The summed E-state index contributed by atoms with van der Waals surface area (Å²) in [6, 6.07) is 0. The van der Waals surface area contributed by atoms with Crippen molar-refractivity contribution in [2.24, 2.45) is 7.05 Å².